The van der Waals surface area contributed by atoms with Crippen LogP contribution in [0.5, 0.6) is 0 Å². The molecule has 0 saturated heterocycles. The van der Waals surface area contributed by atoms with Crippen molar-refractivity contribution in [1.82, 2.24) is 4.90 Å². The lowest BCUT2D eigenvalue weighted by molar-refractivity contribution is 0.212. The standard InChI is InChI=1S/C9H22N2/c1-4-8-11(5-2)9(3)6-7-10/h9H,4-8,10H2,1-3H3. The maximum Gasteiger partial charge on any atom is 0.00788 e. The summed E-state index contributed by atoms with van der Waals surface area (Å²) in [7, 11) is 0. The van der Waals surface area contributed by atoms with E-state index >= 15 is 0 Å². The van der Waals surface area contributed by atoms with E-state index in [1.807, 2.05) is 0 Å². The molecule has 1 unspecified atom stereocenters. The van der Waals surface area contributed by atoms with Crippen molar-refractivity contribution in [2.75, 3.05) is 19.6 Å². The molecular formula is C9H22N2. The van der Waals surface area contributed by atoms with E-state index in [0.717, 1.165) is 19.5 Å². The Labute approximate surface area is 70.8 Å². The summed E-state index contributed by atoms with van der Waals surface area (Å²) in [4.78, 5) is 2.48. The van der Waals surface area contributed by atoms with Crippen LogP contribution in [-0.2, 0) is 0 Å². The highest BCUT2D eigenvalue weighted by molar-refractivity contribution is 4.65. The first-order valence-electron chi connectivity index (χ1n) is 4.70. The van der Waals surface area contributed by atoms with Crippen LogP contribution in [0.15, 0.2) is 0 Å². The number of rotatable bonds is 6. The van der Waals surface area contributed by atoms with Gasteiger partial charge in [0.05, 0.1) is 0 Å². The average Bonchev–Trinajstić information content (AvgIpc) is 2.00. The van der Waals surface area contributed by atoms with Crippen LogP contribution in [0.3, 0.4) is 0 Å². The molecule has 0 fully saturated rings. The predicted octanol–water partition coefficient (Wildman–Crippen LogP) is 1.46. The second kappa shape index (κ2) is 6.62. The zero-order valence-electron chi connectivity index (χ0n) is 8.14. The highest BCUT2D eigenvalue weighted by Gasteiger charge is 2.08. The van der Waals surface area contributed by atoms with Crippen LogP contribution in [0, 0.1) is 0 Å². The number of nitrogens with two attached hydrogens (primary N) is 1. The fourth-order valence-electron chi connectivity index (χ4n) is 1.40. The van der Waals surface area contributed by atoms with E-state index in [1.54, 1.807) is 0 Å². The number of hydrogen-bond acceptors (Lipinski definition) is 2. The van der Waals surface area contributed by atoms with Crippen LogP contribution in [-0.4, -0.2) is 30.6 Å². The molecule has 1 atom stereocenters. The van der Waals surface area contributed by atoms with E-state index in [1.165, 1.54) is 13.0 Å². The van der Waals surface area contributed by atoms with Gasteiger partial charge in [-0.05, 0) is 39.4 Å². The first-order valence-corrected chi connectivity index (χ1v) is 4.70. The summed E-state index contributed by atoms with van der Waals surface area (Å²) >= 11 is 0. The summed E-state index contributed by atoms with van der Waals surface area (Å²) in [6, 6.07) is 0.657. The number of hydrogen-bond donors (Lipinski definition) is 1. The zero-order valence-corrected chi connectivity index (χ0v) is 8.14. The minimum atomic E-state index is 0.657. The van der Waals surface area contributed by atoms with Gasteiger partial charge in [0.15, 0.2) is 0 Å². The normalized spacial score (nSPS) is 13.9. The lowest BCUT2D eigenvalue weighted by Crippen LogP contribution is -2.34. The van der Waals surface area contributed by atoms with Gasteiger partial charge in [-0.25, -0.2) is 0 Å². The molecule has 0 aromatic heterocycles. The highest BCUT2D eigenvalue weighted by Crippen LogP contribution is 2.02. The van der Waals surface area contributed by atoms with Crippen molar-refractivity contribution < 1.29 is 0 Å². The van der Waals surface area contributed by atoms with Crippen LogP contribution in [0.1, 0.15) is 33.6 Å². The molecule has 2 heteroatoms. The highest BCUT2D eigenvalue weighted by atomic mass is 15.1. The molecule has 0 rings (SSSR count). The van der Waals surface area contributed by atoms with Gasteiger partial charge >= 0.3 is 0 Å². The molecule has 0 aromatic rings. The van der Waals surface area contributed by atoms with Gasteiger partial charge in [0, 0.05) is 6.04 Å². The van der Waals surface area contributed by atoms with Crippen molar-refractivity contribution in [3.8, 4) is 0 Å². The molecule has 0 radical (unpaired) electrons. The third kappa shape index (κ3) is 4.38. The summed E-state index contributed by atoms with van der Waals surface area (Å²) in [6.45, 7) is 9.85. The Kier molecular flexibility index (Phi) is 6.57. The van der Waals surface area contributed by atoms with Crippen molar-refractivity contribution in [3.63, 3.8) is 0 Å². The summed E-state index contributed by atoms with van der Waals surface area (Å²) in [5.74, 6) is 0. The SMILES string of the molecule is CCCN(CC)C(C)CCN. The van der Waals surface area contributed by atoms with E-state index in [9.17, 15) is 0 Å². The summed E-state index contributed by atoms with van der Waals surface area (Å²) in [5.41, 5.74) is 5.49. The first-order chi connectivity index (χ1) is 5.26. The maximum absolute atomic E-state index is 5.49. The minimum Gasteiger partial charge on any atom is -0.330 e. The van der Waals surface area contributed by atoms with Crippen LogP contribution < -0.4 is 5.73 Å². The van der Waals surface area contributed by atoms with Gasteiger partial charge in [0.25, 0.3) is 0 Å². The monoisotopic (exact) mass is 158 g/mol. The van der Waals surface area contributed by atoms with E-state index in [4.69, 9.17) is 5.73 Å². The molecule has 0 aliphatic heterocycles. The van der Waals surface area contributed by atoms with Gasteiger partial charge in [0.1, 0.15) is 0 Å². The summed E-state index contributed by atoms with van der Waals surface area (Å²) < 4.78 is 0. The molecule has 0 bridgehead atoms. The van der Waals surface area contributed by atoms with Crippen molar-refractivity contribution in [1.29, 1.82) is 0 Å². The molecule has 0 aliphatic rings. The second-order valence-electron chi connectivity index (χ2n) is 3.05. The van der Waals surface area contributed by atoms with E-state index in [-0.39, 0.29) is 0 Å². The van der Waals surface area contributed by atoms with Crippen molar-refractivity contribution in [2.24, 2.45) is 5.73 Å². The molecule has 0 aromatic carbocycles. The Morgan fingerprint density at radius 2 is 2.00 bits per heavy atom. The molecule has 2 nitrogen and oxygen atoms in total. The lowest BCUT2D eigenvalue weighted by Gasteiger charge is -2.26. The van der Waals surface area contributed by atoms with Crippen LogP contribution >= 0.6 is 0 Å². The average molecular weight is 158 g/mol. The largest absolute Gasteiger partial charge is 0.330 e. The first kappa shape index (κ1) is 10.9. The van der Waals surface area contributed by atoms with Gasteiger partial charge in [-0.2, -0.15) is 0 Å². The Bertz CT molecular complexity index is 83.6. The van der Waals surface area contributed by atoms with Crippen LogP contribution in [0.25, 0.3) is 0 Å². The Balaban J connectivity index is 3.61. The molecule has 11 heavy (non-hydrogen) atoms. The molecular weight excluding hydrogens is 136 g/mol. The minimum absolute atomic E-state index is 0.657. The van der Waals surface area contributed by atoms with E-state index in [0.29, 0.717) is 6.04 Å². The zero-order chi connectivity index (χ0) is 8.69. The third-order valence-corrected chi connectivity index (χ3v) is 2.12. The Morgan fingerprint density at radius 1 is 1.36 bits per heavy atom. The van der Waals surface area contributed by atoms with E-state index in [2.05, 4.69) is 25.7 Å². The van der Waals surface area contributed by atoms with Gasteiger partial charge in [-0.1, -0.05) is 13.8 Å². The quantitative estimate of drug-likeness (QED) is 0.634. The third-order valence-electron chi connectivity index (χ3n) is 2.12. The fourth-order valence-corrected chi connectivity index (χ4v) is 1.40. The molecule has 68 valence electrons. The smallest absolute Gasteiger partial charge is 0.00788 e. The van der Waals surface area contributed by atoms with Crippen LogP contribution in [0.4, 0.5) is 0 Å². The van der Waals surface area contributed by atoms with Crippen molar-refractivity contribution in [2.45, 2.75) is 39.7 Å². The molecule has 0 heterocycles. The van der Waals surface area contributed by atoms with Crippen molar-refractivity contribution in [3.05, 3.63) is 0 Å². The van der Waals surface area contributed by atoms with Gasteiger partial charge < -0.3 is 10.6 Å². The molecule has 0 spiro atoms. The lowest BCUT2D eigenvalue weighted by atomic mass is 10.2. The molecule has 2 N–H and O–H groups in total. The summed E-state index contributed by atoms with van der Waals surface area (Å²) in [6.07, 6.45) is 2.36. The molecule has 0 aliphatic carbocycles. The van der Waals surface area contributed by atoms with Crippen molar-refractivity contribution >= 4 is 0 Å². The van der Waals surface area contributed by atoms with Gasteiger partial charge in [-0.3, -0.25) is 0 Å². The van der Waals surface area contributed by atoms with Gasteiger partial charge in [-0.15, -0.1) is 0 Å². The maximum atomic E-state index is 5.49. The van der Waals surface area contributed by atoms with Gasteiger partial charge in [0.2, 0.25) is 0 Å². The molecule has 0 amide bonds. The Hall–Kier alpha value is -0.0800. The Morgan fingerprint density at radius 3 is 2.36 bits per heavy atom. The van der Waals surface area contributed by atoms with E-state index < -0.39 is 0 Å². The summed E-state index contributed by atoms with van der Waals surface area (Å²) in [5, 5.41) is 0. The molecule has 0 saturated carbocycles. The predicted molar refractivity (Wildman–Crippen MR) is 50.7 cm³/mol. The fraction of sp³-hybridized carbons (Fsp3) is 1.00. The second-order valence-corrected chi connectivity index (χ2v) is 3.05. The topological polar surface area (TPSA) is 29.3 Å². The van der Waals surface area contributed by atoms with Crippen LogP contribution in [0.2, 0.25) is 0 Å². The number of nitrogens with zero attached hydrogens (tertiary/aromatic N) is 1.